The Hall–Kier alpha value is -2.48. The maximum Gasteiger partial charge on any atom is 0.253 e. The fraction of sp³-hybridized carbons (Fsp3) is 0.556. The zero-order valence-electron chi connectivity index (χ0n) is 14.7. The Labute approximate surface area is 151 Å². The number of carbonyl (C=O) groups is 1. The second-order valence-corrected chi connectivity index (χ2v) is 6.89. The lowest BCUT2D eigenvalue weighted by atomic mass is 9.98. The van der Waals surface area contributed by atoms with E-state index in [2.05, 4.69) is 9.97 Å². The first-order valence-electron chi connectivity index (χ1n) is 9.12. The van der Waals surface area contributed by atoms with Gasteiger partial charge in [0, 0.05) is 50.7 Å². The van der Waals surface area contributed by atoms with Crippen molar-refractivity contribution in [3.8, 4) is 0 Å². The molecule has 0 saturated carbocycles. The summed E-state index contributed by atoms with van der Waals surface area (Å²) in [6.07, 6.45) is 7.55. The van der Waals surface area contributed by atoms with Crippen molar-refractivity contribution in [1.29, 1.82) is 0 Å². The number of imidazole rings is 1. The highest BCUT2D eigenvalue weighted by Crippen LogP contribution is 2.20. The van der Waals surface area contributed by atoms with Gasteiger partial charge in [-0.25, -0.2) is 9.97 Å². The summed E-state index contributed by atoms with van der Waals surface area (Å²) in [5.41, 5.74) is 0.644. The number of ether oxygens (including phenoxy) is 1. The number of hydrogen-bond acceptors (Lipinski definition) is 5. The van der Waals surface area contributed by atoms with Gasteiger partial charge in [-0.05, 0) is 19.3 Å². The third kappa shape index (κ3) is 3.55. The molecule has 2 aromatic rings. The van der Waals surface area contributed by atoms with E-state index in [9.17, 15) is 9.59 Å². The van der Waals surface area contributed by atoms with Gasteiger partial charge in [-0.15, -0.1) is 0 Å². The molecule has 1 fully saturated rings. The zero-order valence-corrected chi connectivity index (χ0v) is 14.7. The molecular weight excluding hydrogens is 334 g/mol. The Morgan fingerprint density at radius 1 is 1.27 bits per heavy atom. The molecule has 0 unspecified atom stereocenters. The molecule has 26 heavy (non-hydrogen) atoms. The monoisotopic (exact) mass is 357 g/mol. The lowest BCUT2D eigenvalue weighted by Crippen LogP contribution is -2.38. The van der Waals surface area contributed by atoms with Gasteiger partial charge in [0.2, 0.25) is 5.91 Å². The first kappa shape index (κ1) is 17.0. The van der Waals surface area contributed by atoms with Gasteiger partial charge in [-0.1, -0.05) is 0 Å². The van der Waals surface area contributed by atoms with Crippen LogP contribution in [0.4, 0.5) is 0 Å². The molecule has 0 aliphatic carbocycles. The maximum atomic E-state index is 12.9. The Morgan fingerprint density at radius 3 is 2.88 bits per heavy atom. The van der Waals surface area contributed by atoms with Crippen LogP contribution < -0.4 is 5.56 Å². The van der Waals surface area contributed by atoms with E-state index >= 15 is 0 Å². The molecule has 4 heterocycles. The van der Waals surface area contributed by atoms with Crippen molar-refractivity contribution in [3.63, 3.8) is 0 Å². The molecular formula is C18H23N5O3. The number of hydrogen-bond donors (Lipinski definition) is 0. The van der Waals surface area contributed by atoms with Gasteiger partial charge in [-0.3, -0.25) is 14.2 Å². The standard InChI is InChI=1S/C18H23N5O3/c24-17-10-15(11-21-7-4-19-13-21)20-16-12-22(5-1-6-23(16)17)18(25)14-2-8-26-9-3-14/h4,7,10,13-14H,1-3,5-6,8-9,11-12H2. The van der Waals surface area contributed by atoms with Crippen LogP contribution in [0.3, 0.4) is 0 Å². The minimum absolute atomic E-state index is 0.0242. The summed E-state index contributed by atoms with van der Waals surface area (Å²) in [7, 11) is 0. The van der Waals surface area contributed by atoms with Crippen LogP contribution >= 0.6 is 0 Å². The van der Waals surface area contributed by atoms with Crippen molar-refractivity contribution in [3.05, 3.63) is 46.7 Å². The Balaban J connectivity index is 1.57. The molecule has 2 aliphatic heterocycles. The first-order chi connectivity index (χ1) is 12.7. The van der Waals surface area contributed by atoms with E-state index in [1.165, 1.54) is 0 Å². The molecule has 138 valence electrons. The minimum atomic E-state index is -0.0505. The van der Waals surface area contributed by atoms with Crippen molar-refractivity contribution in [1.82, 2.24) is 24.0 Å². The van der Waals surface area contributed by atoms with Crippen LogP contribution in [0, 0.1) is 5.92 Å². The topological polar surface area (TPSA) is 82.2 Å². The Kier molecular flexibility index (Phi) is 4.83. The quantitative estimate of drug-likeness (QED) is 0.805. The minimum Gasteiger partial charge on any atom is -0.381 e. The molecule has 0 spiro atoms. The summed E-state index contributed by atoms with van der Waals surface area (Å²) in [4.78, 5) is 36.0. The predicted octanol–water partition coefficient (Wildman–Crippen LogP) is 0.647. The molecule has 8 nitrogen and oxygen atoms in total. The lowest BCUT2D eigenvalue weighted by Gasteiger charge is -2.28. The molecule has 2 aromatic heterocycles. The fourth-order valence-electron chi connectivity index (χ4n) is 3.67. The van der Waals surface area contributed by atoms with Crippen LogP contribution in [0.15, 0.2) is 29.6 Å². The number of aromatic nitrogens is 4. The van der Waals surface area contributed by atoms with E-state index in [-0.39, 0.29) is 17.4 Å². The van der Waals surface area contributed by atoms with Crippen molar-refractivity contribution in [2.75, 3.05) is 19.8 Å². The van der Waals surface area contributed by atoms with E-state index < -0.39 is 0 Å². The van der Waals surface area contributed by atoms with E-state index in [1.807, 2.05) is 15.7 Å². The zero-order chi connectivity index (χ0) is 17.9. The lowest BCUT2D eigenvalue weighted by molar-refractivity contribution is -0.139. The molecule has 0 aromatic carbocycles. The number of amides is 1. The van der Waals surface area contributed by atoms with Gasteiger partial charge in [0.15, 0.2) is 0 Å². The highest BCUT2D eigenvalue weighted by molar-refractivity contribution is 5.78. The molecule has 8 heteroatoms. The number of nitrogens with zero attached hydrogens (tertiary/aromatic N) is 5. The normalized spacial score (nSPS) is 18.4. The highest BCUT2D eigenvalue weighted by Gasteiger charge is 2.28. The van der Waals surface area contributed by atoms with Crippen LogP contribution in [-0.2, 0) is 29.2 Å². The second-order valence-electron chi connectivity index (χ2n) is 6.89. The Bertz CT molecular complexity index is 824. The molecule has 0 bridgehead atoms. The van der Waals surface area contributed by atoms with Gasteiger partial charge < -0.3 is 14.2 Å². The van der Waals surface area contributed by atoms with Crippen LogP contribution in [0.2, 0.25) is 0 Å². The second kappa shape index (κ2) is 7.41. The number of carbonyl (C=O) groups excluding carboxylic acids is 1. The third-order valence-electron chi connectivity index (χ3n) is 5.07. The summed E-state index contributed by atoms with van der Waals surface area (Å²) in [5.74, 6) is 0.859. The van der Waals surface area contributed by atoms with E-state index in [0.717, 1.165) is 19.3 Å². The van der Waals surface area contributed by atoms with Gasteiger partial charge in [-0.2, -0.15) is 0 Å². The summed E-state index contributed by atoms with van der Waals surface area (Å²) < 4.78 is 8.94. The molecule has 4 rings (SSSR count). The van der Waals surface area contributed by atoms with Crippen molar-refractivity contribution in [2.45, 2.75) is 38.9 Å². The largest absolute Gasteiger partial charge is 0.381 e. The summed E-state index contributed by atoms with van der Waals surface area (Å²) in [6.45, 7) is 3.45. The van der Waals surface area contributed by atoms with Gasteiger partial charge in [0.1, 0.15) is 5.82 Å². The van der Waals surface area contributed by atoms with E-state index in [4.69, 9.17) is 4.74 Å². The molecule has 0 atom stereocenters. The average molecular weight is 357 g/mol. The number of fused-ring (bicyclic) bond motifs is 1. The molecule has 0 N–H and O–H groups in total. The van der Waals surface area contributed by atoms with Crippen molar-refractivity contribution < 1.29 is 9.53 Å². The molecule has 1 amide bonds. The smallest absolute Gasteiger partial charge is 0.253 e. The van der Waals surface area contributed by atoms with Crippen LogP contribution in [-0.4, -0.2) is 49.7 Å². The average Bonchev–Trinajstić information content (AvgIpc) is 3.06. The third-order valence-corrected chi connectivity index (χ3v) is 5.07. The summed E-state index contributed by atoms with van der Waals surface area (Å²) >= 11 is 0. The van der Waals surface area contributed by atoms with Gasteiger partial charge in [0.25, 0.3) is 5.56 Å². The molecule has 2 aliphatic rings. The van der Waals surface area contributed by atoms with Crippen LogP contribution in [0.25, 0.3) is 0 Å². The van der Waals surface area contributed by atoms with Crippen molar-refractivity contribution >= 4 is 5.91 Å². The fourth-order valence-corrected chi connectivity index (χ4v) is 3.67. The maximum absolute atomic E-state index is 12.9. The van der Waals surface area contributed by atoms with E-state index in [0.29, 0.717) is 50.9 Å². The SMILES string of the molecule is O=C(C1CCOCC1)N1CCCn2c(nc(Cn3ccnc3)cc2=O)C1. The Morgan fingerprint density at radius 2 is 2.12 bits per heavy atom. The summed E-state index contributed by atoms with van der Waals surface area (Å²) in [5, 5.41) is 0. The van der Waals surface area contributed by atoms with Crippen LogP contribution in [0.1, 0.15) is 30.8 Å². The molecule has 0 radical (unpaired) electrons. The van der Waals surface area contributed by atoms with Gasteiger partial charge in [0.05, 0.1) is 25.1 Å². The number of rotatable bonds is 3. The van der Waals surface area contributed by atoms with E-state index in [1.54, 1.807) is 23.2 Å². The van der Waals surface area contributed by atoms with Gasteiger partial charge >= 0.3 is 0 Å². The van der Waals surface area contributed by atoms with Crippen LogP contribution in [0.5, 0.6) is 0 Å². The predicted molar refractivity (Wildman–Crippen MR) is 93.4 cm³/mol. The first-order valence-corrected chi connectivity index (χ1v) is 9.12. The molecule has 1 saturated heterocycles. The summed E-state index contributed by atoms with van der Waals surface area (Å²) in [6, 6.07) is 1.58. The highest BCUT2D eigenvalue weighted by atomic mass is 16.5. The van der Waals surface area contributed by atoms with Crippen molar-refractivity contribution in [2.24, 2.45) is 5.92 Å².